The van der Waals surface area contributed by atoms with Crippen molar-refractivity contribution in [3.8, 4) is 0 Å². The summed E-state index contributed by atoms with van der Waals surface area (Å²) in [5, 5.41) is 0. The minimum Gasteiger partial charge on any atom is -0.396 e. The van der Waals surface area contributed by atoms with Crippen LogP contribution in [0.2, 0.25) is 0 Å². The van der Waals surface area contributed by atoms with Crippen LogP contribution in [0.1, 0.15) is 29.6 Å². The number of nitrogen functional groups attached to an aromatic ring is 1. The zero-order chi connectivity index (χ0) is 12.4. The molecule has 0 saturated carbocycles. The number of hydrogen-bond acceptors (Lipinski definition) is 2. The van der Waals surface area contributed by atoms with Crippen molar-refractivity contribution in [3.63, 3.8) is 0 Å². The Labute approximate surface area is 98.2 Å². The van der Waals surface area contributed by atoms with E-state index in [2.05, 4.69) is 0 Å². The van der Waals surface area contributed by atoms with Crippen LogP contribution in [0.5, 0.6) is 0 Å². The van der Waals surface area contributed by atoms with Crippen LogP contribution in [-0.4, -0.2) is 23.9 Å². The third kappa shape index (κ3) is 2.38. The van der Waals surface area contributed by atoms with Gasteiger partial charge in [0.1, 0.15) is 5.82 Å². The number of amides is 1. The molecule has 0 aromatic heterocycles. The minimum absolute atomic E-state index is 0.274. The van der Waals surface area contributed by atoms with Gasteiger partial charge < -0.3 is 10.6 Å². The molecule has 0 atom stereocenters. The van der Waals surface area contributed by atoms with Gasteiger partial charge in [-0.05, 0) is 31.4 Å². The number of piperidine rings is 1. The van der Waals surface area contributed by atoms with Crippen LogP contribution in [-0.2, 0) is 0 Å². The first-order valence-electron chi connectivity index (χ1n) is 5.63. The molecule has 1 aromatic rings. The Hall–Kier alpha value is -1.65. The fraction of sp³-hybridized carbons (Fsp3) is 0.417. The number of rotatable bonds is 1. The second-order valence-electron chi connectivity index (χ2n) is 4.21. The number of nitrogens with zero attached hydrogens (tertiary/aromatic N) is 1. The van der Waals surface area contributed by atoms with E-state index >= 15 is 0 Å². The van der Waals surface area contributed by atoms with Gasteiger partial charge in [0.2, 0.25) is 0 Å². The lowest BCUT2D eigenvalue weighted by atomic mass is 10.1. The van der Waals surface area contributed by atoms with Gasteiger partial charge in [-0.3, -0.25) is 4.79 Å². The number of anilines is 1. The van der Waals surface area contributed by atoms with Crippen molar-refractivity contribution < 1.29 is 13.6 Å². The summed E-state index contributed by atoms with van der Waals surface area (Å²) in [4.78, 5) is 13.5. The van der Waals surface area contributed by atoms with E-state index in [9.17, 15) is 13.6 Å². The fourth-order valence-corrected chi connectivity index (χ4v) is 2.03. The smallest absolute Gasteiger partial charge is 0.257 e. The van der Waals surface area contributed by atoms with Gasteiger partial charge >= 0.3 is 0 Å². The summed E-state index contributed by atoms with van der Waals surface area (Å²) >= 11 is 0. The Kier molecular flexibility index (Phi) is 3.26. The van der Waals surface area contributed by atoms with Crippen molar-refractivity contribution in [1.29, 1.82) is 0 Å². The SMILES string of the molecule is Nc1cc(F)cc(C(=O)N2CCCCC2)c1F. The molecule has 1 aliphatic heterocycles. The normalized spacial score (nSPS) is 16.0. The van der Waals surface area contributed by atoms with E-state index in [-0.39, 0.29) is 11.3 Å². The molecule has 3 nitrogen and oxygen atoms in total. The number of benzene rings is 1. The van der Waals surface area contributed by atoms with Crippen LogP contribution in [0.3, 0.4) is 0 Å². The predicted molar refractivity (Wildman–Crippen MR) is 60.5 cm³/mol. The topological polar surface area (TPSA) is 46.3 Å². The molecule has 1 aliphatic rings. The average Bonchev–Trinajstić information content (AvgIpc) is 2.34. The van der Waals surface area contributed by atoms with Gasteiger partial charge in [-0.2, -0.15) is 0 Å². The first kappa shape index (κ1) is 11.8. The van der Waals surface area contributed by atoms with Crippen LogP contribution in [0.4, 0.5) is 14.5 Å². The van der Waals surface area contributed by atoms with E-state index in [1.807, 2.05) is 0 Å². The lowest BCUT2D eigenvalue weighted by Crippen LogP contribution is -2.36. The molecule has 2 rings (SSSR count). The van der Waals surface area contributed by atoms with Crippen molar-refractivity contribution in [2.45, 2.75) is 19.3 Å². The third-order valence-electron chi connectivity index (χ3n) is 2.94. The predicted octanol–water partition coefficient (Wildman–Crippen LogP) is 2.17. The fourth-order valence-electron chi connectivity index (χ4n) is 2.03. The van der Waals surface area contributed by atoms with E-state index in [0.29, 0.717) is 13.1 Å². The first-order valence-corrected chi connectivity index (χ1v) is 5.63. The van der Waals surface area contributed by atoms with E-state index in [1.165, 1.54) is 0 Å². The van der Waals surface area contributed by atoms with E-state index in [1.54, 1.807) is 4.90 Å². The molecule has 0 bridgehead atoms. The Bertz CT molecular complexity index is 442. The molecule has 1 heterocycles. The summed E-state index contributed by atoms with van der Waals surface area (Å²) in [6.07, 6.45) is 2.87. The maximum Gasteiger partial charge on any atom is 0.257 e. The Balaban J connectivity index is 2.29. The molecule has 1 amide bonds. The Morgan fingerprint density at radius 2 is 1.82 bits per heavy atom. The highest BCUT2D eigenvalue weighted by atomic mass is 19.1. The number of hydrogen-bond donors (Lipinski definition) is 1. The van der Waals surface area contributed by atoms with Crippen LogP contribution < -0.4 is 5.73 Å². The van der Waals surface area contributed by atoms with E-state index in [0.717, 1.165) is 31.4 Å². The summed E-state index contributed by atoms with van der Waals surface area (Å²) < 4.78 is 26.8. The van der Waals surface area contributed by atoms with Gasteiger partial charge in [0, 0.05) is 13.1 Å². The Morgan fingerprint density at radius 3 is 2.47 bits per heavy atom. The summed E-state index contributed by atoms with van der Waals surface area (Å²) in [6.45, 7) is 1.18. The second-order valence-corrected chi connectivity index (χ2v) is 4.21. The summed E-state index contributed by atoms with van der Waals surface area (Å²) in [6, 6.07) is 1.78. The van der Waals surface area contributed by atoms with Crippen LogP contribution in [0.15, 0.2) is 12.1 Å². The summed E-state index contributed by atoms with van der Waals surface area (Å²) in [7, 11) is 0. The van der Waals surface area contributed by atoms with Crippen molar-refractivity contribution >= 4 is 11.6 Å². The monoisotopic (exact) mass is 240 g/mol. The lowest BCUT2D eigenvalue weighted by molar-refractivity contribution is 0.0719. The number of carbonyl (C=O) groups excluding carboxylic acids is 1. The van der Waals surface area contributed by atoms with Crippen LogP contribution >= 0.6 is 0 Å². The molecule has 0 unspecified atom stereocenters. The van der Waals surface area contributed by atoms with E-state index < -0.39 is 17.5 Å². The molecule has 0 aliphatic carbocycles. The molecule has 92 valence electrons. The standard InChI is InChI=1S/C12H14F2N2O/c13-8-6-9(11(14)10(15)7-8)12(17)16-4-2-1-3-5-16/h6-7H,1-5,15H2. The quantitative estimate of drug-likeness (QED) is 0.765. The number of likely N-dealkylation sites (tertiary alicyclic amines) is 1. The molecular weight excluding hydrogens is 226 g/mol. The van der Waals surface area contributed by atoms with Crippen molar-refractivity contribution in [3.05, 3.63) is 29.3 Å². The lowest BCUT2D eigenvalue weighted by Gasteiger charge is -2.27. The first-order chi connectivity index (χ1) is 8.09. The zero-order valence-electron chi connectivity index (χ0n) is 9.38. The molecular formula is C12H14F2N2O. The number of carbonyl (C=O) groups is 1. The Morgan fingerprint density at radius 1 is 1.18 bits per heavy atom. The highest BCUT2D eigenvalue weighted by Crippen LogP contribution is 2.20. The number of halogens is 2. The molecule has 17 heavy (non-hydrogen) atoms. The second kappa shape index (κ2) is 4.69. The van der Waals surface area contributed by atoms with Crippen molar-refractivity contribution in [2.75, 3.05) is 18.8 Å². The molecule has 1 saturated heterocycles. The van der Waals surface area contributed by atoms with Gasteiger partial charge in [0.05, 0.1) is 11.3 Å². The summed E-state index contributed by atoms with van der Waals surface area (Å²) in [5.74, 6) is -2.00. The molecule has 5 heteroatoms. The number of nitrogens with two attached hydrogens (primary N) is 1. The van der Waals surface area contributed by atoms with E-state index in [4.69, 9.17) is 5.73 Å². The van der Waals surface area contributed by atoms with Gasteiger partial charge in [-0.15, -0.1) is 0 Å². The van der Waals surface area contributed by atoms with Gasteiger partial charge in [-0.25, -0.2) is 8.78 Å². The highest BCUT2D eigenvalue weighted by Gasteiger charge is 2.22. The maximum atomic E-state index is 13.6. The third-order valence-corrected chi connectivity index (χ3v) is 2.94. The molecule has 0 spiro atoms. The molecule has 0 radical (unpaired) electrons. The van der Waals surface area contributed by atoms with Crippen molar-refractivity contribution in [1.82, 2.24) is 4.90 Å². The van der Waals surface area contributed by atoms with Crippen LogP contribution in [0.25, 0.3) is 0 Å². The largest absolute Gasteiger partial charge is 0.396 e. The molecule has 1 fully saturated rings. The highest BCUT2D eigenvalue weighted by molar-refractivity contribution is 5.95. The van der Waals surface area contributed by atoms with Crippen molar-refractivity contribution in [2.24, 2.45) is 0 Å². The van der Waals surface area contributed by atoms with Gasteiger partial charge in [-0.1, -0.05) is 0 Å². The minimum atomic E-state index is -0.832. The summed E-state index contributed by atoms with van der Waals surface area (Å²) in [5.41, 5.74) is 4.70. The van der Waals surface area contributed by atoms with Gasteiger partial charge in [0.25, 0.3) is 5.91 Å². The maximum absolute atomic E-state index is 13.6. The zero-order valence-corrected chi connectivity index (χ0v) is 9.38. The molecule has 1 aromatic carbocycles. The van der Waals surface area contributed by atoms with Gasteiger partial charge in [0.15, 0.2) is 5.82 Å². The molecule has 2 N–H and O–H groups in total. The van der Waals surface area contributed by atoms with Crippen LogP contribution in [0, 0.1) is 11.6 Å². The average molecular weight is 240 g/mol.